The van der Waals surface area contributed by atoms with Crippen LogP contribution in [0.3, 0.4) is 0 Å². The zero-order valence-corrected chi connectivity index (χ0v) is 13.4. The Morgan fingerprint density at radius 2 is 1.00 bits per heavy atom. The van der Waals surface area contributed by atoms with E-state index in [0.29, 0.717) is 6.42 Å². The molecule has 9 nitrogen and oxygen atoms in total. The average Bonchev–Trinajstić information content (AvgIpc) is 2.44. The van der Waals surface area contributed by atoms with Crippen molar-refractivity contribution in [1.82, 2.24) is 0 Å². The minimum absolute atomic E-state index is 0.340. The summed E-state index contributed by atoms with van der Waals surface area (Å²) in [5, 5.41) is 35.9. The highest BCUT2D eigenvalue weighted by atomic mass is 17.1. The molecule has 0 atom stereocenters. The van der Waals surface area contributed by atoms with E-state index in [1.807, 2.05) is 0 Å². The number of carbonyl (C=O) groups is 3. The first kappa shape index (κ1) is 25.9. The quantitative estimate of drug-likeness (QED) is 0.221. The van der Waals surface area contributed by atoms with Crippen LogP contribution >= 0.6 is 0 Å². The van der Waals surface area contributed by atoms with Crippen molar-refractivity contribution in [1.29, 1.82) is 0 Å². The monoisotopic (exact) mass is 340 g/mol. The molecule has 138 valence electrons. The summed E-state index contributed by atoms with van der Waals surface area (Å²) in [5.74, 6) is -0.516. The van der Waals surface area contributed by atoms with Crippen LogP contribution in [0.4, 0.5) is 9.59 Å². The van der Waals surface area contributed by atoms with Crippen LogP contribution in [0.5, 0.6) is 0 Å². The fourth-order valence-corrected chi connectivity index (χ4v) is 1.63. The lowest BCUT2D eigenvalue weighted by Crippen LogP contribution is -1.99. The molecule has 0 radical (unpaired) electrons. The average molecular weight is 340 g/mol. The summed E-state index contributed by atoms with van der Waals surface area (Å²) in [7, 11) is 0. The zero-order chi connectivity index (χ0) is 18.5. The molecule has 0 aliphatic carbocycles. The van der Waals surface area contributed by atoms with Gasteiger partial charge in [-0.2, -0.15) is 5.26 Å². The highest BCUT2D eigenvalue weighted by Gasteiger charge is 2.00. The van der Waals surface area contributed by atoms with Crippen LogP contribution < -0.4 is 0 Å². The zero-order valence-electron chi connectivity index (χ0n) is 13.4. The van der Waals surface area contributed by atoms with Crippen molar-refractivity contribution < 1.29 is 45.0 Å². The van der Waals surface area contributed by atoms with Crippen LogP contribution in [0.2, 0.25) is 0 Å². The normalized spacial score (nSPS) is 8.78. The smallest absolute Gasteiger partial charge is 0.450 e. The first-order valence-electron chi connectivity index (χ1n) is 7.45. The molecule has 0 aromatic rings. The SMILES string of the molecule is CCCCCCCCCCCC(=O)OO.O=C(O)O.O=C(O)O. The minimum Gasteiger partial charge on any atom is -0.450 e. The van der Waals surface area contributed by atoms with Gasteiger partial charge in [-0.25, -0.2) is 14.4 Å². The van der Waals surface area contributed by atoms with Crippen molar-refractivity contribution >= 4 is 18.3 Å². The lowest BCUT2D eigenvalue weighted by Gasteiger charge is -2.00. The van der Waals surface area contributed by atoms with E-state index in [4.69, 9.17) is 35.3 Å². The topological polar surface area (TPSA) is 162 Å². The molecule has 0 spiro atoms. The molecule has 0 rings (SSSR count). The Hall–Kier alpha value is -2.03. The van der Waals surface area contributed by atoms with Gasteiger partial charge in [-0.15, -0.1) is 0 Å². The fraction of sp³-hybridized carbons (Fsp3) is 0.786. The molecule has 0 aromatic carbocycles. The second kappa shape index (κ2) is 22.3. The third-order valence-electron chi connectivity index (χ3n) is 2.59. The molecule has 0 aliphatic rings. The molecule has 0 aromatic heterocycles. The van der Waals surface area contributed by atoms with E-state index in [9.17, 15) is 4.79 Å². The molecular weight excluding hydrogens is 312 g/mol. The number of carbonyl (C=O) groups excluding carboxylic acids is 1. The lowest BCUT2D eigenvalue weighted by atomic mass is 10.1. The van der Waals surface area contributed by atoms with Crippen molar-refractivity contribution in [2.45, 2.75) is 71.1 Å². The van der Waals surface area contributed by atoms with Crippen LogP contribution in [0.1, 0.15) is 71.1 Å². The summed E-state index contributed by atoms with van der Waals surface area (Å²) in [4.78, 5) is 31.2. The number of rotatable bonds is 10. The third kappa shape index (κ3) is 53.6. The van der Waals surface area contributed by atoms with Gasteiger partial charge < -0.3 is 25.3 Å². The van der Waals surface area contributed by atoms with E-state index in [2.05, 4.69) is 11.8 Å². The molecule has 0 saturated heterocycles. The van der Waals surface area contributed by atoms with Gasteiger partial charge in [-0.05, 0) is 6.42 Å². The molecule has 0 aliphatic heterocycles. The van der Waals surface area contributed by atoms with E-state index < -0.39 is 18.3 Å². The lowest BCUT2D eigenvalue weighted by molar-refractivity contribution is -0.234. The van der Waals surface area contributed by atoms with E-state index in [1.165, 1.54) is 44.9 Å². The van der Waals surface area contributed by atoms with Gasteiger partial charge in [0.2, 0.25) is 0 Å². The van der Waals surface area contributed by atoms with Gasteiger partial charge in [0, 0.05) is 6.42 Å². The fourth-order valence-electron chi connectivity index (χ4n) is 1.63. The van der Waals surface area contributed by atoms with Crippen LogP contribution in [0.15, 0.2) is 0 Å². The summed E-state index contributed by atoms with van der Waals surface area (Å²) in [5.41, 5.74) is 0. The summed E-state index contributed by atoms with van der Waals surface area (Å²) in [6, 6.07) is 0. The largest absolute Gasteiger partial charge is 0.503 e. The van der Waals surface area contributed by atoms with Gasteiger partial charge in [-0.1, -0.05) is 58.3 Å². The van der Waals surface area contributed by atoms with Crippen molar-refractivity contribution in [2.75, 3.05) is 0 Å². The van der Waals surface area contributed by atoms with E-state index in [0.717, 1.165) is 12.8 Å². The van der Waals surface area contributed by atoms with Crippen LogP contribution in [-0.4, -0.2) is 44.0 Å². The third-order valence-corrected chi connectivity index (χ3v) is 2.59. The highest BCUT2D eigenvalue weighted by molar-refractivity contribution is 5.68. The van der Waals surface area contributed by atoms with Gasteiger partial charge in [0.25, 0.3) is 0 Å². The predicted octanol–water partition coefficient (Wildman–Crippen LogP) is 4.37. The summed E-state index contributed by atoms with van der Waals surface area (Å²) in [6.07, 6.45) is 7.65. The molecule has 9 heteroatoms. The first-order valence-corrected chi connectivity index (χ1v) is 7.45. The molecule has 0 fully saturated rings. The molecule has 0 bridgehead atoms. The van der Waals surface area contributed by atoms with E-state index in [-0.39, 0.29) is 0 Å². The van der Waals surface area contributed by atoms with Crippen LogP contribution in [0, 0.1) is 0 Å². The standard InChI is InChI=1S/C12H24O3.2CH2O3/c1-2-3-4-5-6-7-8-9-10-11-12(13)15-14;2*2-1(3)4/h14H,2-11H2,1H3;2*(H2,2,3,4). The van der Waals surface area contributed by atoms with Crippen molar-refractivity contribution in [2.24, 2.45) is 0 Å². The maximum Gasteiger partial charge on any atom is 0.503 e. The Kier molecular flexibility index (Phi) is 25.1. The molecule has 0 unspecified atom stereocenters. The molecule has 23 heavy (non-hydrogen) atoms. The van der Waals surface area contributed by atoms with Gasteiger partial charge >= 0.3 is 18.3 Å². The van der Waals surface area contributed by atoms with Crippen LogP contribution in [0.25, 0.3) is 0 Å². The summed E-state index contributed by atoms with van der Waals surface area (Å²) >= 11 is 0. The van der Waals surface area contributed by atoms with Crippen molar-refractivity contribution in [3.63, 3.8) is 0 Å². The summed E-state index contributed by atoms with van der Waals surface area (Å²) < 4.78 is 0. The van der Waals surface area contributed by atoms with E-state index in [1.54, 1.807) is 0 Å². The molecule has 0 heterocycles. The number of unbranched alkanes of at least 4 members (excludes halogenated alkanes) is 8. The van der Waals surface area contributed by atoms with Crippen molar-refractivity contribution in [3.05, 3.63) is 0 Å². The van der Waals surface area contributed by atoms with Crippen LogP contribution in [-0.2, 0) is 9.68 Å². The summed E-state index contributed by atoms with van der Waals surface area (Å²) in [6.45, 7) is 2.22. The minimum atomic E-state index is -1.83. The molecule has 5 N–H and O–H groups in total. The first-order chi connectivity index (χ1) is 10.8. The maximum atomic E-state index is 10.5. The van der Waals surface area contributed by atoms with E-state index >= 15 is 0 Å². The van der Waals surface area contributed by atoms with Gasteiger partial charge in [0.1, 0.15) is 0 Å². The predicted molar refractivity (Wildman–Crippen MR) is 81.9 cm³/mol. The Morgan fingerprint density at radius 3 is 1.30 bits per heavy atom. The maximum absolute atomic E-state index is 10.5. The molecule has 0 amide bonds. The molecular formula is C14H28O9. The Labute approximate surface area is 135 Å². The highest BCUT2D eigenvalue weighted by Crippen LogP contribution is 2.10. The Morgan fingerprint density at radius 1 is 0.696 bits per heavy atom. The number of hydrogen-bond acceptors (Lipinski definition) is 5. The second-order valence-electron chi connectivity index (χ2n) is 4.61. The Bertz CT molecular complexity index is 272. The number of carboxylic acid groups (broad SMARTS) is 4. The molecule has 0 saturated carbocycles. The number of hydrogen-bond donors (Lipinski definition) is 5. The van der Waals surface area contributed by atoms with Gasteiger partial charge in [-0.3, -0.25) is 0 Å². The van der Waals surface area contributed by atoms with Gasteiger partial charge in [0.15, 0.2) is 0 Å². The van der Waals surface area contributed by atoms with Gasteiger partial charge in [0.05, 0.1) is 0 Å². The Balaban J connectivity index is -0.000000413. The van der Waals surface area contributed by atoms with Crippen molar-refractivity contribution in [3.8, 4) is 0 Å². The second-order valence-corrected chi connectivity index (χ2v) is 4.61.